The highest BCUT2D eigenvalue weighted by molar-refractivity contribution is 5.68. The van der Waals surface area contributed by atoms with Crippen molar-refractivity contribution in [2.45, 2.75) is 12.6 Å². The van der Waals surface area contributed by atoms with Crippen LogP contribution in [-0.2, 0) is 11.3 Å². The second kappa shape index (κ2) is 4.04. The molecule has 1 aliphatic heterocycles. The molecule has 4 nitrogen and oxygen atoms in total. The molecular weight excluding hydrogens is 216 g/mol. The standard InChI is InChI=1S/C13H16N2O2/c14-12-10-6-15(7-11(10)12)13(16)17-8-9-4-2-1-3-5-9/h1-5,10-12H,6-8,14H2/t10-,11+,12?. The largest absolute Gasteiger partial charge is 0.445 e. The topological polar surface area (TPSA) is 55.6 Å². The summed E-state index contributed by atoms with van der Waals surface area (Å²) >= 11 is 0. The van der Waals surface area contributed by atoms with E-state index in [2.05, 4.69) is 0 Å². The zero-order valence-electron chi connectivity index (χ0n) is 9.58. The van der Waals surface area contributed by atoms with E-state index < -0.39 is 0 Å². The van der Waals surface area contributed by atoms with Crippen LogP contribution in [0.5, 0.6) is 0 Å². The first-order valence-corrected chi connectivity index (χ1v) is 5.97. The highest BCUT2D eigenvalue weighted by Gasteiger charge is 2.54. The Morgan fingerprint density at radius 1 is 1.29 bits per heavy atom. The van der Waals surface area contributed by atoms with Crippen LogP contribution < -0.4 is 5.73 Å². The Morgan fingerprint density at radius 3 is 2.59 bits per heavy atom. The van der Waals surface area contributed by atoms with Gasteiger partial charge in [-0.2, -0.15) is 0 Å². The van der Waals surface area contributed by atoms with Crippen molar-refractivity contribution in [1.82, 2.24) is 4.90 Å². The van der Waals surface area contributed by atoms with Gasteiger partial charge in [0.25, 0.3) is 0 Å². The van der Waals surface area contributed by atoms with E-state index in [1.807, 2.05) is 30.3 Å². The second-order valence-electron chi connectivity index (χ2n) is 4.85. The smallest absolute Gasteiger partial charge is 0.410 e. The number of rotatable bonds is 2. The molecule has 1 aromatic rings. The number of carbonyl (C=O) groups is 1. The van der Waals surface area contributed by atoms with Crippen molar-refractivity contribution < 1.29 is 9.53 Å². The van der Waals surface area contributed by atoms with Gasteiger partial charge in [0, 0.05) is 19.1 Å². The van der Waals surface area contributed by atoms with E-state index in [0.29, 0.717) is 24.5 Å². The Morgan fingerprint density at radius 2 is 1.94 bits per heavy atom. The fourth-order valence-electron chi connectivity index (χ4n) is 2.53. The molecule has 3 rings (SSSR count). The number of ether oxygens (including phenoxy) is 1. The van der Waals surface area contributed by atoms with Crippen molar-refractivity contribution in [3.8, 4) is 0 Å². The zero-order valence-corrected chi connectivity index (χ0v) is 9.58. The maximum absolute atomic E-state index is 11.8. The van der Waals surface area contributed by atoms with Gasteiger partial charge in [-0.25, -0.2) is 4.79 Å². The van der Waals surface area contributed by atoms with E-state index in [4.69, 9.17) is 10.5 Å². The number of likely N-dealkylation sites (tertiary alicyclic amines) is 1. The van der Waals surface area contributed by atoms with E-state index in [1.165, 1.54) is 0 Å². The second-order valence-corrected chi connectivity index (χ2v) is 4.85. The number of nitrogens with two attached hydrogens (primary N) is 1. The summed E-state index contributed by atoms with van der Waals surface area (Å²) in [4.78, 5) is 13.5. The number of hydrogen-bond acceptors (Lipinski definition) is 3. The molecule has 1 saturated carbocycles. The molecule has 1 saturated heterocycles. The fourth-order valence-corrected chi connectivity index (χ4v) is 2.53. The molecule has 2 aliphatic rings. The molecular formula is C13H16N2O2. The lowest BCUT2D eigenvalue weighted by Crippen LogP contribution is -2.34. The first-order chi connectivity index (χ1) is 8.25. The summed E-state index contributed by atoms with van der Waals surface area (Å²) in [6.07, 6.45) is -0.215. The van der Waals surface area contributed by atoms with Crippen LogP contribution in [0.25, 0.3) is 0 Å². The highest BCUT2D eigenvalue weighted by Crippen LogP contribution is 2.43. The normalized spacial score (nSPS) is 29.9. The Bertz CT molecular complexity index is 409. The van der Waals surface area contributed by atoms with E-state index >= 15 is 0 Å². The van der Waals surface area contributed by atoms with Crippen LogP contribution in [0.15, 0.2) is 30.3 Å². The average Bonchev–Trinajstić information content (AvgIpc) is 2.81. The molecule has 1 aliphatic carbocycles. The number of hydrogen-bond donors (Lipinski definition) is 1. The molecule has 1 aromatic carbocycles. The summed E-state index contributed by atoms with van der Waals surface area (Å²) < 4.78 is 5.26. The van der Waals surface area contributed by atoms with Crippen LogP contribution in [0, 0.1) is 11.8 Å². The monoisotopic (exact) mass is 232 g/mol. The number of piperidine rings is 1. The molecule has 1 amide bonds. The molecule has 17 heavy (non-hydrogen) atoms. The van der Waals surface area contributed by atoms with E-state index in [9.17, 15) is 4.79 Å². The lowest BCUT2D eigenvalue weighted by Gasteiger charge is -2.18. The van der Waals surface area contributed by atoms with Gasteiger partial charge in [0.1, 0.15) is 6.61 Å². The van der Waals surface area contributed by atoms with Crippen molar-refractivity contribution in [2.24, 2.45) is 17.6 Å². The van der Waals surface area contributed by atoms with Gasteiger partial charge in [-0.3, -0.25) is 0 Å². The quantitative estimate of drug-likeness (QED) is 0.834. The maximum atomic E-state index is 11.8. The number of fused-ring (bicyclic) bond motifs is 1. The van der Waals surface area contributed by atoms with Crippen LogP contribution in [0.3, 0.4) is 0 Å². The summed E-state index contributed by atoms with van der Waals surface area (Å²) in [5.74, 6) is 1.03. The summed E-state index contributed by atoms with van der Waals surface area (Å²) in [5, 5.41) is 0. The van der Waals surface area contributed by atoms with Gasteiger partial charge in [-0.05, 0) is 17.4 Å². The minimum absolute atomic E-state index is 0.215. The first kappa shape index (κ1) is 10.6. The van der Waals surface area contributed by atoms with Crippen molar-refractivity contribution in [3.63, 3.8) is 0 Å². The van der Waals surface area contributed by atoms with Gasteiger partial charge >= 0.3 is 6.09 Å². The molecule has 0 aromatic heterocycles. The summed E-state index contributed by atoms with van der Waals surface area (Å²) in [7, 11) is 0. The third-order valence-corrected chi connectivity index (χ3v) is 3.72. The fraction of sp³-hybridized carbons (Fsp3) is 0.462. The third kappa shape index (κ3) is 2.00. The minimum Gasteiger partial charge on any atom is -0.445 e. The van der Waals surface area contributed by atoms with Gasteiger partial charge in [-0.15, -0.1) is 0 Å². The van der Waals surface area contributed by atoms with E-state index in [-0.39, 0.29) is 6.09 Å². The van der Waals surface area contributed by atoms with Crippen molar-refractivity contribution in [3.05, 3.63) is 35.9 Å². The molecule has 90 valence electrons. The minimum atomic E-state index is -0.215. The molecule has 2 N–H and O–H groups in total. The number of amides is 1. The lowest BCUT2D eigenvalue weighted by atomic mass is 10.2. The molecule has 1 unspecified atom stereocenters. The Hall–Kier alpha value is -1.55. The molecule has 0 bridgehead atoms. The highest BCUT2D eigenvalue weighted by atomic mass is 16.6. The van der Waals surface area contributed by atoms with Gasteiger partial charge in [0.15, 0.2) is 0 Å². The molecule has 0 spiro atoms. The molecule has 0 radical (unpaired) electrons. The number of carbonyl (C=O) groups excluding carboxylic acids is 1. The molecule has 3 atom stereocenters. The molecule has 2 fully saturated rings. The Balaban J connectivity index is 1.49. The van der Waals surface area contributed by atoms with Gasteiger partial charge in [0.05, 0.1) is 0 Å². The predicted molar refractivity (Wildman–Crippen MR) is 63.2 cm³/mol. The number of nitrogens with zero attached hydrogens (tertiary/aromatic N) is 1. The Kier molecular flexibility index (Phi) is 2.52. The van der Waals surface area contributed by atoms with Crippen LogP contribution >= 0.6 is 0 Å². The van der Waals surface area contributed by atoms with Gasteiger partial charge < -0.3 is 15.4 Å². The van der Waals surface area contributed by atoms with Crippen LogP contribution in [0.4, 0.5) is 4.79 Å². The predicted octanol–water partition coefficient (Wildman–Crippen LogP) is 1.21. The maximum Gasteiger partial charge on any atom is 0.410 e. The van der Waals surface area contributed by atoms with E-state index in [1.54, 1.807) is 4.90 Å². The average molecular weight is 232 g/mol. The lowest BCUT2D eigenvalue weighted by molar-refractivity contribution is 0.0999. The van der Waals surface area contributed by atoms with E-state index in [0.717, 1.165) is 18.7 Å². The third-order valence-electron chi connectivity index (χ3n) is 3.72. The first-order valence-electron chi connectivity index (χ1n) is 5.97. The Labute approximate surface area is 100 Å². The van der Waals surface area contributed by atoms with Crippen LogP contribution in [-0.4, -0.2) is 30.1 Å². The number of benzene rings is 1. The molecule has 1 heterocycles. The van der Waals surface area contributed by atoms with Gasteiger partial charge in [0.2, 0.25) is 0 Å². The van der Waals surface area contributed by atoms with Crippen molar-refractivity contribution >= 4 is 6.09 Å². The van der Waals surface area contributed by atoms with Crippen LogP contribution in [0.2, 0.25) is 0 Å². The van der Waals surface area contributed by atoms with Crippen molar-refractivity contribution in [2.75, 3.05) is 13.1 Å². The van der Waals surface area contributed by atoms with Gasteiger partial charge in [-0.1, -0.05) is 30.3 Å². The summed E-state index contributed by atoms with van der Waals surface area (Å²) in [5.41, 5.74) is 6.84. The zero-order chi connectivity index (χ0) is 11.8. The SMILES string of the molecule is NC1[C@H]2CN(C(=O)OCc3ccccc3)C[C@@H]12. The summed E-state index contributed by atoms with van der Waals surface area (Å²) in [6, 6.07) is 10.0. The molecule has 4 heteroatoms. The van der Waals surface area contributed by atoms with Crippen LogP contribution in [0.1, 0.15) is 5.56 Å². The summed E-state index contributed by atoms with van der Waals surface area (Å²) in [6.45, 7) is 1.87. The van der Waals surface area contributed by atoms with Crippen molar-refractivity contribution in [1.29, 1.82) is 0 Å².